The Morgan fingerprint density at radius 1 is 1.08 bits per heavy atom. The normalized spacial score (nSPS) is 11.2. The molecular weight excluding hydrogens is 322 g/mol. The van der Waals surface area contributed by atoms with Crippen LogP contribution in [-0.4, -0.2) is 15.9 Å². The third kappa shape index (κ3) is 2.23. The first-order valence-corrected chi connectivity index (χ1v) is 8.41. The van der Waals surface area contributed by atoms with E-state index in [9.17, 15) is 9.59 Å². The van der Waals surface area contributed by atoms with Gasteiger partial charge in [-0.1, -0.05) is 0 Å². The highest BCUT2D eigenvalue weighted by atomic mass is 32.1. The minimum absolute atomic E-state index is 0.118. The number of carbonyl (C=O) groups excluding carboxylic acids is 1. The lowest BCUT2D eigenvalue weighted by molar-refractivity contribution is 0.102. The van der Waals surface area contributed by atoms with Crippen LogP contribution in [0.5, 0.6) is 0 Å². The minimum atomic E-state index is -0.405. The molecule has 1 aromatic carbocycles. The van der Waals surface area contributed by atoms with Crippen LogP contribution in [0.3, 0.4) is 0 Å². The zero-order chi connectivity index (χ0) is 16.8. The van der Waals surface area contributed by atoms with Crippen molar-refractivity contribution in [3.63, 3.8) is 0 Å². The predicted octanol–water partition coefficient (Wildman–Crippen LogP) is 3.94. The highest BCUT2D eigenvalue weighted by Gasteiger charge is 2.15. The van der Waals surface area contributed by atoms with Crippen LogP contribution in [0.1, 0.15) is 21.5 Å². The molecular formula is C18H15N3O2S. The average Bonchev–Trinajstić information content (AvgIpc) is 3.16. The van der Waals surface area contributed by atoms with Crippen molar-refractivity contribution in [3.05, 3.63) is 62.9 Å². The van der Waals surface area contributed by atoms with Gasteiger partial charge in [-0.25, -0.2) is 0 Å². The lowest BCUT2D eigenvalue weighted by atomic mass is 10.1. The van der Waals surface area contributed by atoms with Gasteiger partial charge in [0, 0.05) is 29.0 Å². The Morgan fingerprint density at radius 3 is 2.71 bits per heavy atom. The molecule has 120 valence electrons. The van der Waals surface area contributed by atoms with Gasteiger partial charge in [-0.05, 0) is 48.6 Å². The fourth-order valence-electron chi connectivity index (χ4n) is 2.85. The number of aromatic amines is 2. The number of aryl methyl sites for hydroxylation is 2. The number of pyridine rings is 1. The summed E-state index contributed by atoms with van der Waals surface area (Å²) in [5, 5.41) is 5.81. The van der Waals surface area contributed by atoms with E-state index in [1.54, 1.807) is 0 Å². The summed E-state index contributed by atoms with van der Waals surface area (Å²) >= 11 is 1.33. The maximum atomic E-state index is 12.6. The number of H-pyrrole nitrogens is 2. The summed E-state index contributed by atoms with van der Waals surface area (Å²) in [6.07, 6.45) is 3.41. The van der Waals surface area contributed by atoms with E-state index in [2.05, 4.69) is 15.3 Å². The molecule has 0 spiro atoms. The smallest absolute Gasteiger partial charge is 0.261 e. The molecule has 24 heavy (non-hydrogen) atoms. The quantitative estimate of drug-likeness (QED) is 0.518. The van der Waals surface area contributed by atoms with Crippen molar-refractivity contribution in [1.82, 2.24) is 9.97 Å². The summed E-state index contributed by atoms with van der Waals surface area (Å²) in [6.45, 7) is 3.97. The number of benzene rings is 1. The Morgan fingerprint density at radius 2 is 1.88 bits per heavy atom. The van der Waals surface area contributed by atoms with Crippen molar-refractivity contribution in [3.8, 4) is 0 Å². The number of nitrogens with one attached hydrogen (secondary N) is 3. The molecule has 0 fully saturated rings. The molecule has 5 nitrogen and oxygen atoms in total. The van der Waals surface area contributed by atoms with E-state index in [0.29, 0.717) is 10.4 Å². The van der Waals surface area contributed by atoms with Crippen molar-refractivity contribution in [2.45, 2.75) is 13.8 Å². The van der Waals surface area contributed by atoms with Crippen LogP contribution in [0.25, 0.3) is 21.1 Å². The monoisotopic (exact) mass is 337 g/mol. The molecule has 3 aromatic heterocycles. The number of carbonyl (C=O) groups is 1. The van der Waals surface area contributed by atoms with Crippen molar-refractivity contribution in [2.24, 2.45) is 0 Å². The van der Waals surface area contributed by atoms with E-state index >= 15 is 0 Å². The molecule has 0 aliphatic carbocycles. The second-order valence-corrected chi connectivity index (χ2v) is 6.75. The summed E-state index contributed by atoms with van der Waals surface area (Å²) < 4.78 is 0.565. The van der Waals surface area contributed by atoms with Gasteiger partial charge in [0.05, 0.1) is 10.2 Å². The van der Waals surface area contributed by atoms with Crippen molar-refractivity contribution in [1.29, 1.82) is 0 Å². The maximum absolute atomic E-state index is 12.6. The maximum Gasteiger partial charge on any atom is 0.261 e. The average molecular weight is 337 g/mol. The van der Waals surface area contributed by atoms with Gasteiger partial charge in [0.15, 0.2) is 0 Å². The van der Waals surface area contributed by atoms with Crippen LogP contribution >= 0.6 is 11.3 Å². The number of amides is 1. The van der Waals surface area contributed by atoms with E-state index in [0.717, 1.165) is 27.5 Å². The Labute approximate surface area is 141 Å². The van der Waals surface area contributed by atoms with Gasteiger partial charge in [0.1, 0.15) is 5.56 Å². The van der Waals surface area contributed by atoms with Crippen LogP contribution in [-0.2, 0) is 0 Å². The topological polar surface area (TPSA) is 77.8 Å². The summed E-state index contributed by atoms with van der Waals surface area (Å²) in [7, 11) is 0. The summed E-state index contributed by atoms with van der Waals surface area (Å²) in [4.78, 5) is 31.2. The minimum Gasteiger partial charge on any atom is -0.361 e. The lowest BCUT2D eigenvalue weighted by Crippen LogP contribution is -2.21. The zero-order valence-electron chi connectivity index (χ0n) is 13.2. The number of hydrogen-bond acceptors (Lipinski definition) is 3. The van der Waals surface area contributed by atoms with Crippen molar-refractivity contribution < 1.29 is 4.79 Å². The van der Waals surface area contributed by atoms with Gasteiger partial charge in [-0.15, -0.1) is 11.3 Å². The third-order valence-electron chi connectivity index (χ3n) is 4.21. The SMILES string of the molecule is Cc1cc2c(C)c[nH]c2cc1NC(=O)c1c[nH]c2ccsc2c1=O. The Balaban J connectivity index is 1.74. The molecule has 0 aliphatic heterocycles. The molecule has 0 bridgehead atoms. The molecule has 0 saturated carbocycles. The summed E-state index contributed by atoms with van der Waals surface area (Å²) in [5.74, 6) is -0.405. The van der Waals surface area contributed by atoms with Crippen LogP contribution in [0.4, 0.5) is 5.69 Å². The van der Waals surface area contributed by atoms with Gasteiger partial charge in [-0.2, -0.15) is 0 Å². The molecule has 0 radical (unpaired) electrons. The van der Waals surface area contributed by atoms with E-state index < -0.39 is 5.91 Å². The van der Waals surface area contributed by atoms with Gasteiger partial charge >= 0.3 is 0 Å². The number of anilines is 1. The Bertz CT molecular complexity index is 1150. The van der Waals surface area contributed by atoms with E-state index in [1.165, 1.54) is 17.5 Å². The Kier molecular flexibility index (Phi) is 3.28. The first-order valence-electron chi connectivity index (χ1n) is 7.53. The second kappa shape index (κ2) is 5.35. The number of rotatable bonds is 2. The van der Waals surface area contributed by atoms with E-state index in [4.69, 9.17) is 0 Å². The summed E-state index contributed by atoms with van der Waals surface area (Å²) in [5.41, 5.74) is 4.38. The van der Waals surface area contributed by atoms with Crippen LogP contribution < -0.4 is 10.7 Å². The molecule has 1 amide bonds. The summed E-state index contributed by atoms with van der Waals surface area (Å²) in [6, 6.07) is 5.76. The standard InChI is InChI=1S/C18H15N3O2S/c1-9-5-11-10(2)7-19-15(11)6-14(9)21-18(23)12-8-20-13-3-4-24-17(13)16(12)22/h3-8,19H,1-2H3,(H,20,22)(H,21,23). The molecule has 4 rings (SSSR count). The molecule has 0 unspecified atom stereocenters. The fourth-order valence-corrected chi connectivity index (χ4v) is 3.66. The zero-order valence-corrected chi connectivity index (χ0v) is 14.0. The van der Waals surface area contributed by atoms with Gasteiger partial charge in [0.25, 0.3) is 5.91 Å². The molecule has 6 heteroatoms. The highest BCUT2D eigenvalue weighted by Crippen LogP contribution is 2.25. The predicted molar refractivity (Wildman–Crippen MR) is 98.2 cm³/mol. The van der Waals surface area contributed by atoms with Crippen LogP contribution in [0.15, 0.2) is 40.8 Å². The van der Waals surface area contributed by atoms with E-state index in [-0.39, 0.29) is 11.0 Å². The molecule has 0 atom stereocenters. The lowest BCUT2D eigenvalue weighted by Gasteiger charge is -2.09. The number of aromatic nitrogens is 2. The molecule has 0 saturated heterocycles. The largest absolute Gasteiger partial charge is 0.361 e. The number of hydrogen-bond donors (Lipinski definition) is 3. The molecule has 3 heterocycles. The molecule has 0 aliphatic rings. The number of thiophene rings is 1. The molecule has 3 N–H and O–H groups in total. The van der Waals surface area contributed by atoms with Gasteiger partial charge < -0.3 is 15.3 Å². The van der Waals surface area contributed by atoms with Gasteiger partial charge in [-0.3, -0.25) is 9.59 Å². The highest BCUT2D eigenvalue weighted by molar-refractivity contribution is 7.17. The fraction of sp³-hybridized carbons (Fsp3) is 0.111. The number of fused-ring (bicyclic) bond motifs is 2. The second-order valence-electron chi connectivity index (χ2n) is 5.83. The third-order valence-corrected chi connectivity index (χ3v) is 5.13. The Hall–Kier alpha value is -2.86. The first kappa shape index (κ1) is 14.7. The van der Waals surface area contributed by atoms with Crippen LogP contribution in [0, 0.1) is 13.8 Å². The first-order chi connectivity index (χ1) is 11.5. The van der Waals surface area contributed by atoms with Crippen molar-refractivity contribution in [2.75, 3.05) is 5.32 Å². The molecule has 4 aromatic rings. The van der Waals surface area contributed by atoms with Gasteiger partial charge in [0.2, 0.25) is 5.43 Å². The van der Waals surface area contributed by atoms with Crippen LogP contribution in [0.2, 0.25) is 0 Å². The van der Waals surface area contributed by atoms with E-state index in [1.807, 2.05) is 43.6 Å². The van der Waals surface area contributed by atoms with Crippen molar-refractivity contribution >= 4 is 44.1 Å².